The first-order valence-corrected chi connectivity index (χ1v) is 7.77. The smallest absolute Gasteiger partial charge is 0.227 e. The van der Waals surface area contributed by atoms with Crippen LogP contribution >= 0.6 is 11.8 Å². The molecule has 5 heteroatoms. The zero-order valence-electron chi connectivity index (χ0n) is 11.0. The highest BCUT2D eigenvalue weighted by atomic mass is 32.2. The zero-order chi connectivity index (χ0) is 13.7. The number of para-hydroxylation sites is 1. The Bertz CT molecular complexity index is 488. The van der Waals surface area contributed by atoms with E-state index in [2.05, 4.69) is 5.16 Å². The van der Waals surface area contributed by atoms with Crippen LogP contribution in [0.3, 0.4) is 0 Å². The summed E-state index contributed by atoms with van der Waals surface area (Å²) in [7, 11) is 0. The van der Waals surface area contributed by atoms with E-state index < -0.39 is 0 Å². The third-order valence-corrected chi connectivity index (χ3v) is 3.86. The highest BCUT2D eigenvalue weighted by Crippen LogP contribution is 2.27. The summed E-state index contributed by atoms with van der Waals surface area (Å²) >= 11 is 1.67. The molecule has 1 aliphatic heterocycles. The van der Waals surface area contributed by atoms with Crippen LogP contribution in [-0.4, -0.2) is 35.4 Å². The lowest BCUT2D eigenvalue weighted by Gasteiger charge is -2.22. The number of hydrogen-bond acceptors (Lipinski definition) is 4. The lowest BCUT2D eigenvalue weighted by atomic mass is 10.1. The molecule has 1 aliphatic rings. The van der Waals surface area contributed by atoms with Gasteiger partial charge in [-0.25, -0.2) is 0 Å². The second-order valence-corrected chi connectivity index (χ2v) is 5.44. The van der Waals surface area contributed by atoms with Crippen LogP contribution in [0.4, 0.5) is 5.69 Å². The Morgan fingerprint density at radius 2 is 2.26 bits per heavy atom. The summed E-state index contributed by atoms with van der Waals surface area (Å²) in [4.78, 5) is 14.1. The van der Waals surface area contributed by atoms with E-state index in [9.17, 15) is 4.79 Å². The standard InChI is InChI=1S/C14H18N2O2S/c1-19-10-8-14(17)16-9-4-6-12(15-18)11-5-2-3-7-13(11)16/h2-3,5,7,18H,4,6,8-10H2,1H3/b15-12-. The molecular formula is C14H18N2O2S. The minimum absolute atomic E-state index is 0.140. The van der Waals surface area contributed by atoms with E-state index in [1.54, 1.807) is 11.8 Å². The van der Waals surface area contributed by atoms with Gasteiger partial charge in [-0.05, 0) is 25.2 Å². The number of benzene rings is 1. The van der Waals surface area contributed by atoms with Crippen molar-refractivity contribution in [3.05, 3.63) is 29.8 Å². The van der Waals surface area contributed by atoms with Gasteiger partial charge in [-0.15, -0.1) is 0 Å². The van der Waals surface area contributed by atoms with E-state index >= 15 is 0 Å². The Morgan fingerprint density at radius 1 is 1.47 bits per heavy atom. The van der Waals surface area contributed by atoms with E-state index in [1.807, 2.05) is 35.4 Å². The van der Waals surface area contributed by atoms with Gasteiger partial charge < -0.3 is 10.1 Å². The Hall–Kier alpha value is -1.49. The third-order valence-electron chi connectivity index (χ3n) is 3.24. The first-order chi connectivity index (χ1) is 9.27. The van der Waals surface area contributed by atoms with Crippen molar-refractivity contribution in [2.75, 3.05) is 23.5 Å². The fourth-order valence-corrected chi connectivity index (χ4v) is 2.68. The molecule has 0 aliphatic carbocycles. The Balaban J connectivity index is 2.33. The van der Waals surface area contributed by atoms with Crippen LogP contribution in [0.15, 0.2) is 29.4 Å². The maximum Gasteiger partial charge on any atom is 0.227 e. The van der Waals surface area contributed by atoms with Gasteiger partial charge in [0.2, 0.25) is 5.91 Å². The molecule has 4 nitrogen and oxygen atoms in total. The number of oxime groups is 1. The fraction of sp³-hybridized carbons (Fsp3) is 0.429. The second-order valence-electron chi connectivity index (χ2n) is 4.46. The lowest BCUT2D eigenvalue weighted by Crippen LogP contribution is -2.31. The van der Waals surface area contributed by atoms with Gasteiger partial charge in [-0.1, -0.05) is 23.4 Å². The Morgan fingerprint density at radius 3 is 3.00 bits per heavy atom. The molecule has 0 bridgehead atoms. The lowest BCUT2D eigenvalue weighted by molar-refractivity contribution is -0.118. The molecule has 1 aromatic rings. The van der Waals surface area contributed by atoms with Crippen molar-refractivity contribution in [2.45, 2.75) is 19.3 Å². The molecule has 0 radical (unpaired) electrons. The molecular weight excluding hydrogens is 260 g/mol. The van der Waals surface area contributed by atoms with Crippen molar-refractivity contribution >= 4 is 29.1 Å². The van der Waals surface area contributed by atoms with Crippen molar-refractivity contribution in [3.63, 3.8) is 0 Å². The van der Waals surface area contributed by atoms with Gasteiger partial charge in [0.1, 0.15) is 0 Å². The predicted molar refractivity (Wildman–Crippen MR) is 79.4 cm³/mol. The summed E-state index contributed by atoms with van der Waals surface area (Å²) in [6.07, 6.45) is 4.06. The quantitative estimate of drug-likeness (QED) is 0.683. The number of anilines is 1. The molecule has 102 valence electrons. The Kier molecular flexibility index (Phi) is 4.85. The molecule has 0 atom stereocenters. The third kappa shape index (κ3) is 3.10. The van der Waals surface area contributed by atoms with Crippen LogP contribution in [0.1, 0.15) is 24.8 Å². The van der Waals surface area contributed by atoms with E-state index in [0.29, 0.717) is 25.1 Å². The number of hydrogen-bond donors (Lipinski definition) is 1. The average molecular weight is 278 g/mol. The maximum absolute atomic E-state index is 12.3. The normalized spacial score (nSPS) is 17.1. The summed E-state index contributed by atoms with van der Waals surface area (Å²) in [5.74, 6) is 0.972. The van der Waals surface area contributed by atoms with Gasteiger partial charge in [0.15, 0.2) is 0 Å². The molecule has 0 saturated heterocycles. The highest BCUT2D eigenvalue weighted by molar-refractivity contribution is 7.98. The number of amides is 1. The van der Waals surface area contributed by atoms with Gasteiger partial charge in [0.05, 0.1) is 11.4 Å². The Labute approximate surface area is 117 Å². The molecule has 0 fully saturated rings. The van der Waals surface area contributed by atoms with Gasteiger partial charge in [-0.2, -0.15) is 11.8 Å². The molecule has 1 N–H and O–H groups in total. The summed E-state index contributed by atoms with van der Waals surface area (Å²) < 4.78 is 0. The summed E-state index contributed by atoms with van der Waals surface area (Å²) in [5, 5.41) is 12.5. The number of thioether (sulfide) groups is 1. The largest absolute Gasteiger partial charge is 0.411 e. The van der Waals surface area contributed by atoms with Crippen LogP contribution in [0, 0.1) is 0 Å². The predicted octanol–water partition coefficient (Wildman–Crippen LogP) is 2.74. The van der Waals surface area contributed by atoms with Crippen molar-refractivity contribution in [1.29, 1.82) is 0 Å². The molecule has 1 heterocycles. The molecule has 0 spiro atoms. The van der Waals surface area contributed by atoms with E-state index in [4.69, 9.17) is 5.21 Å². The van der Waals surface area contributed by atoms with Gasteiger partial charge in [-0.3, -0.25) is 4.79 Å². The van der Waals surface area contributed by atoms with E-state index in [-0.39, 0.29) is 5.91 Å². The number of nitrogens with zero attached hydrogens (tertiary/aromatic N) is 2. The van der Waals surface area contributed by atoms with Crippen molar-refractivity contribution in [1.82, 2.24) is 0 Å². The monoisotopic (exact) mass is 278 g/mol. The molecule has 2 rings (SSSR count). The molecule has 1 amide bonds. The summed E-state index contributed by atoms with van der Waals surface area (Å²) in [6.45, 7) is 0.684. The molecule has 19 heavy (non-hydrogen) atoms. The van der Waals surface area contributed by atoms with Crippen molar-refractivity contribution < 1.29 is 10.0 Å². The molecule has 0 aromatic heterocycles. The number of carbonyl (C=O) groups is 1. The van der Waals surface area contributed by atoms with Crippen LogP contribution in [-0.2, 0) is 4.79 Å². The molecule has 0 unspecified atom stereocenters. The minimum atomic E-state index is 0.140. The van der Waals surface area contributed by atoms with Gasteiger partial charge in [0, 0.05) is 24.3 Å². The van der Waals surface area contributed by atoms with Gasteiger partial charge >= 0.3 is 0 Å². The molecule has 1 aromatic carbocycles. The number of rotatable bonds is 3. The number of carbonyl (C=O) groups excluding carboxylic acids is 1. The molecule has 0 saturated carbocycles. The van der Waals surface area contributed by atoms with Crippen molar-refractivity contribution in [2.24, 2.45) is 5.16 Å². The minimum Gasteiger partial charge on any atom is -0.411 e. The first-order valence-electron chi connectivity index (χ1n) is 6.37. The van der Waals surface area contributed by atoms with Crippen LogP contribution < -0.4 is 4.90 Å². The SMILES string of the molecule is CSCCC(=O)N1CCC/C(=N/O)c2ccccc21. The maximum atomic E-state index is 12.3. The van der Waals surface area contributed by atoms with Crippen LogP contribution in [0.5, 0.6) is 0 Å². The first kappa shape index (κ1) is 13.9. The summed E-state index contributed by atoms with van der Waals surface area (Å²) in [6, 6.07) is 7.64. The zero-order valence-corrected chi connectivity index (χ0v) is 11.8. The highest BCUT2D eigenvalue weighted by Gasteiger charge is 2.23. The summed E-state index contributed by atoms with van der Waals surface area (Å²) in [5.41, 5.74) is 2.38. The topological polar surface area (TPSA) is 52.9 Å². The van der Waals surface area contributed by atoms with E-state index in [0.717, 1.165) is 23.4 Å². The second kappa shape index (κ2) is 6.61. The number of fused-ring (bicyclic) bond motifs is 1. The van der Waals surface area contributed by atoms with E-state index in [1.165, 1.54) is 0 Å². The van der Waals surface area contributed by atoms with Crippen molar-refractivity contribution in [3.8, 4) is 0 Å². The fourth-order valence-electron chi connectivity index (χ4n) is 2.30. The average Bonchev–Trinajstić information content (AvgIpc) is 2.64. The van der Waals surface area contributed by atoms with Crippen LogP contribution in [0.25, 0.3) is 0 Å². The van der Waals surface area contributed by atoms with Crippen LogP contribution in [0.2, 0.25) is 0 Å². The van der Waals surface area contributed by atoms with Gasteiger partial charge in [0.25, 0.3) is 0 Å².